The number of likely N-dealkylation sites (tertiary alicyclic amines) is 1. The van der Waals surface area contributed by atoms with E-state index in [1.807, 2.05) is 41.3 Å². The Hall–Kier alpha value is -2.80. The number of aliphatic carboxylic acids is 1. The molecule has 0 bridgehead atoms. The molecule has 4 unspecified atom stereocenters. The van der Waals surface area contributed by atoms with E-state index < -0.39 is 5.97 Å². The second-order valence-electron chi connectivity index (χ2n) is 9.14. The molecule has 5 rings (SSSR count). The SMILES string of the molecule is O=C(O)C1CCN(C(=O)CC(c2ccccc2)c2nc3c(F)cccc3s2)C2CCCCC12. The third-order valence-corrected chi connectivity index (χ3v) is 8.42. The van der Waals surface area contributed by atoms with Gasteiger partial charge in [0.1, 0.15) is 16.3 Å². The summed E-state index contributed by atoms with van der Waals surface area (Å²) in [6.07, 6.45) is 4.53. The Morgan fingerprint density at radius 3 is 2.64 bits per heavy atom. The van der Waals surface area contributed by atoms with Crippen LogP contribution in [0, 0.1) is 17.7 Å². The number of amides is 1. The molecule has 1 aliphatic carbocycles. The van der Waals surface area contributed by atoms with Crippen molar-refractivity contribution >= 4 is 33.4 Å². The van der Waals surface area contributed by atoms with Crippen molar-refractivity contribution < 1.29 is 19.1 Å². The number of carbonyl (C=O) groups is 2. The van der Waals surface area contributed by atoms with Crippen LogP contribution < -0.4 is 0 Å². The number of benzene rings is 2. The van der Waals surface area contributed by atoms with E-state index in [2.05, 4.69) is 4.98 Å². The smallest absolute Gasteiger partial charge is 0.306 e. The van der Waals surface area contributed by atoms with Gasteiger partial charge in [0, 0.05) is 24.9 Å². The number of hydrogen-bond acceptors (Lipinski definition) is 4. The van der Waals surface area contributed by atoms with E-state index in [1.165, 1.54) is 17.4 Å². The average molecular weight is 467 g/mol. The standard InChI is InChI=1S/C26H27FN2O3S/c27-20-10-6-12-22-24(20)28-25(33-22)19(16-7-2-1-3-8-16)15-23(30)29-14-13-18(26(31)32)17-9-4-5-11-21(17)29/h1-3,6-8,10,12,17-19,21H,4-5,9,11,13-15H2,(H,31,32). The number of nitrogens with zero attached hydrogens (tertiary/aromatic N) is 2. The van der Waals surface area contributed by atoms with E-state index >= 15 is 0 Å². The van der Waals surface area contributed by atoms with Gasteiger partial charge in [0.15, 0.2) is 0 Å². The number of piperidine rings is 1. The topological polar surface area (TPSA) is 70.5 Å². The van der Waals surface area contributed by atoms with Crippen molar-refractivity contribution in [1.29, 1.82) is 0 Å². The third-order valence-electron chi connectivity index (χ3n) is 7.28. The first-order valence-corrected chi connectivity index (χ1v) is 12.5. The van der Waals surface area contributed by atoms with Gasteiger partial charge in [-0.2, -0.15) is 0 Å². The van der Waals surface area contributed by atoms with Crippen LogP contribution in [0.5, 0.6) is 0 Å². The van der Waals surface area contributed by atoms with E-state index in [-0.39, 0.29) is 41.9 Å². The highest BCUT2D eigenvalue weighted by Crippen LogP contribution is 2.41. The van der Waals surface area contributed by atoms with Gasteiger partial charge in [-0.05, 0) is 42.9 Å². The fourth-order valence-corrected chi connectivity index (χ4v) is 6.79. The molecular formula is C26H27FN2O3S. The lowest BCUT2D eigenvalue weighted by Gasteiger charge is -2.47. The number of thiazole rings is 1. The van der Waals surface area contributed by atoms with Crippen molar-refractivity contribution in [2.45, 2.75) is 50.5 Å². The molecule has 1 saturated carbocycles. The van der Waals surface area contributed by atoms with E-state index in [0.717, 1.165) is 41.0 Å². The number of rotatable bonds is 5. The number of carboxylic acid groups (broad SMARTS) is 1. The molecule has 1 aromatic heterocycles. The summed E-state index contributed by atoms with van der Waals surface area (Å²) < 4.78 is 15.1. The first kappa shape index (κ1) is 22.0. The molecule has 2 heterocycles. The first-order valence-electron chi connectivity index (χ1n) is 11.6. The van der Waals surface area contributed by atoms with Crippen molar-refractivity contribution in [2.24, 2.45) is 11.8 Å². The summed E-state index contributed by atoms with van der Waals surface area (Å²) in [5.41, 5.74) is 1.33. The van der Waals surface area contributed by atoms with Crippen molar-refractivity contribution in [1.82, 2.24) is 9.88 Å². The zero-order valence-electron chi connectivity index (χ0n) is 18.3. The Balaban J connectivity index is 1.45. The van der Waals surface area contributed by atoms with Crippen molar-refractivity contribution in [3.8, 4) is 0 Å². The maximum Gasteiger partial charge on any atom is 0.306 e. The Kier molecular flexibility index (Phi) is 6.15. The summed E-state index contributed by atoms with van der Waals surface area (Å²) in [6.45, 7) is 0.479. The second kappa shape index (κ2) is 9.21. The maximum absolute atomic E-state index is 14.3. The van der Waals surface area contributed by atoms with Crippen molar-refractivity contribution in [3.05, 3.63) is 64.9 Å². The maximum atomic E-state index is 14.3. The van der Waals surface area contributed by atoms with Gasteiger partial charge < -0.3 is 10.0 Å². The molecule has 5 nitrogen and oxygen atoms in total. The summed E-state index contributed by atoms with van der Waals surface area (Å²) in [4.78, 5) is 32.0. The number of fused-ring (bicyclic) bond motifs is 2. The van der Waals surface area contributed by atoms with Gasteiger partial charge in [0.2, 0.25) is 5.91 Å². The number of halogens is 1. The van der Waals surface area contributed by atoms with Gasteiger partial charge in [-0.3, -0.25) is 9.59 Å². The number of aromatic nitrogens is 1. The summed E-state index contributed by atoms with van der Waals surface area (Å²) in [6, 6.07) is 14.7. The molecule has 3 aromatic rings. The molecule has 2 aromatic carbocycles. The quantitative estimate of drug-likeness (QED) is 0.543. The van der Waals surface area contributed by atoms with Gasteiger partial charge in [0.05, 0.1) is 10.6 Å². The van der Waals surface area contributed by atoms with Gasteiger partial charge in [-0.25, -0.2) is 9.37 Å². The van der Waals surface area contributed by atoms with E-state index in [4.69, 9.17) is 0 Å². The number of hydrogen-bond donors (Lipinski definition) is 1. The van der Waals surface area contributed by atoms with Crippen LogP contribution in [0.25, 0.3) is 10.2 Å². The van der Waals surface area contributed by atoms with Gasteiger partial charge in [-0.15, -0.1) is 11.3 Å². The van der Waals surface area contributed by atoms with E-state index in [1.54, 1.807) is 6.07 Å². The van der Waals surface area contributed by atoms with Crippen LogP contribution in [0.4, 0.5) is 4.39 Å². The zero-order valence-corrected chi connectivity index (χ0v) is 19.1. The molecule has 2 fully saturated rings. The van der Waals surface area contributed by atoms with Crippen LogP contribution in [0.2, 0.25) is 0 Å². The summed E-state index contributed by atoms with van der Waals surface area (Å²) in [5, 5.41) is 10.4. The monoisotopic (exact) mass is 466 g/mol. The Morgan fingerprint density at radius 1 is 1.09 bits per heavy atom. The van der Waals surface area contributed by atoms with Crippen molar-refractivity contribution in [2.75, 3.05) is 6.54 Å². The van der Waals surface area contributed by atoms with Crippen LogP contribution in [0.3, 0.4) is 0 Å². The van der Waals surface area contributed by atoms with Crippen LogP contribution in [-0.4, -0.2) is 39.5 Å². The Labute approximate surface area is 196 Å². The minimum atomic E-state index is -0.738. The summed E-state index contributed by atoms with van der Waals surface area (Å²) >= 11 is 1.43. The van der Waals surface area contributed by atoms with Gasteiger partial charge in [-0.1, -0.05) is 49.2 Å². The van der Waals surface area contributed by atoms with E-state index in [0.29, 0.717) is 18.5 Å². The lowest BCUT2D eigenvalue weighted by Crippen LogP contribution is -2.54. The second-order valence-corrected chi connectivity index (χ2v) is 10.2. The molecule has 1 N–H and O–H groups in total. The molecule has 1 amide bonds. The van der Waals surface area contributed by atoms with Gasteiger partial charge >= 0.3 is 5.97 Å². The van der Waals surface area contributed by atoms with Crippen LogP contribution in [-0.2, 0) is 9.59 Å². The predicted octanol–water partition coefficient (Wildman–Crippen LogP) is 5.45. The predicted molar refractivity (Wildman–Crippen MR) is 126 cm³/mol. The highest BCUT2D eigenvalue weighted by molar-refractivity contribution is 7.18. The molecular weight excluding hydrogens is 439 g/mol. The fourth-order valence-electron chi connectivity index (χ4n) is 5.68. The Morgan fingerprint density at radius 2 is 1.88 bits per heavy atom. The molecule has 33 heavy (non-hydrogen) atoms. The fraction of sp³-hybridized carbons (Fsp3) is 0.423. The van der Waals surface area contributed by atoms with Crippen LogP contribution >= 0.6 is 11.3 Å². The normalized spacial score (nSPS) is 23.8. The number of carboxylic acids is 1. The highest BCUT2D eigenvalue weighted by Gasteiger charge is 2.44. The average Bonchev–Trinajstić information content (AvgIpc) is 3.27. The summed E-state index contributed by atoms with van der Waals surface area (Å²) in [7, 11) is 0. The zero-order chi connectivity index (χ0) is 22.9. The number of para-hydroxylation sites is 1. The van der Waals surface area contributed by atoms with Gasteiger partial charge in [0.25, 0.3) is 0 Å². The van der Waals surface area contributed by atoms with Crippen LogP contribution in [0.1, 0.15) is 55.0 Å². The molecule has 1 aliphatic heterocycles. The lowest BCUT2D eigenvalue weighted by molar-refractivity contribution is -0.153. The third kappa shape index (κ3) is 4.26. The molecule has 7 heteroatoms. The highest BCUT2D eigenvalue weighted by atomic mass is 32.1. The lowest BCUT2D eigenvalue weighted by atomic mass is 9.71. The molecule has 4 atom stereocenters. The minimum Gasteiger partial charge on any atom is -0.481 e. The number of carbonyl (C=O) groups excluding carboxylic acids is 1. The first-order chi connectivity index (χ1) is 16.0. The molecule has 1 saturated heterocycles. The Bertz CT molecular complexity index is 1160. The molecule has 0 spiro atoms. The van der Waals surface area contributed by atoms with E-state index in [9.17, 15) is 19.1 Å². The van der Waals surface area contributed by atoms with Crippen LogP contribution in [0.15, 0.2) is 48.5 Å². The minimum absolute atomic E-state index is 0.00895. The largest absolute Gasteiger partial charge is 0.481 e. The summed E-state index contributed by atoms with van der Waals surface area (Å²) in [5.74, 6) is -1.66. The molecule has 172 valence electrons. The molecule has 0 radical (unpaired) electrons. The molecule has 2 aliphatic rings. The van der Waals surface area contributed by atoms with Crippen molar-refractivity contribution in [3.63, 3.8) is 0 Å².